The van der Waals surface area contributed by atoms with E-state index in [2.05, 4.69) is 17.2 Å². The van der Waals surface area contributed by atoms with Crippen molar-refractivity contribution < 1.29 is 14.0 Å². The van der Waals surface area contributed by atoms with E-state index in [0.29, 0.717) is 58.6 Å². The Morgan fingerprint density at radius 3 is 2.25 bits per heavy atom. The third kappa shape index (κ3) is 5.14. The van der Waals surface area contributed by atoms with Gasteiger partial charge < -0.3 is 15.5 Å². The maximum absolute atomic E-state index is 14.6. The number of nitrogens with zero attached hydrogens (tertiary/aromatic N) is 1. The van der Waals surface area contributed by atoms with Gasteiger partial charge in [-0.2, -0.15) is 0 Å². The molecular formula is C26H30FN3O2. The molecule has 0 aromatic heterocycles. The molecule has 168 valence electrons. The highest BCUT2D eigenvalue weighted by molar-refractivity contribution is 6.13. The van der Waals surface area contributed by atoms with Crippen molar-refractivity contribution in [2.75, 3.05) is 32.5 Å². The maximum Gasteiger partial charge on any atom is 0.255 e. The fraction of sp³-hybridized carbons (Fsp3) is 0.231. The summed E-state index contributed by atoms with van der Waals surface area (Å²) in [6.07, 6.45) is 3.79. The van der Waals surface area contributed by atoms with Crippen molar-refractivity contribution in [1.82, 2.24) is 10.2 Å². The Bertz CT molecular complexity index is 1050. The number of hydrogen-bond donors (Lipinski definition) is 2. The van der Waals surface area contributed by atoms with Crippen molar-refractivity contribution in [2.24, 2.45) is 0 Å². The van der Waals surface area contributed by atoms with Gasteiger partial charge >= 0.3 is 0 Å². The van der Waals surface area contributed by atoms with Crippen LogP contribution in [0.4, 0.5) is 10.1 Å². The van der Waals surface area contributed by atoms with Gasteiger partial charge in [-0.3, -0.25) is 9.59 Å². The molecule has 0 unspecified atom stereocenters. The van der Waals surface area contributed by atoms with E-state index in [9.17, 15) is 14.0 Å². The van der Waals surface area contributed by atoms with Gasteiger partial charge in [-0.05, 0) is 37.6 Å². The molecule has 0 radical (unpaired) electrons. The van der Waals surface area contributed by atoms with Gasteiger partial charge in [0.2, 0.25) is 0 Å². The zero-order valence-electron chi connectivity index (χ0n) is 19.0. The second kappa shape index (κ2) is 11.6. The highest BCUT2D eigenvalue weighted by atomic mass is 19.1. The minimum atomic E-state index is -0.389. The van der Waals surface area contributed by atoms with Crippen LogP contribution in [0.15, 0.2) is 72.5 Å². The fourth-order valence-corrected chi connectivity index (χ4v) is 3.57. The molecule has 32 heavy (non-hydrogen) atoms. The van der Waals surface area contributed by atoms with Gasteiger partial charge in [0.15, 0.2) is 6.29 Å². The summed E-state index contributed by atoms with van der Waals surface area (Å²) >= 11 is 0. The number of nitrogens with one attached hydrogen (secondary N) is 2. The number of allylic oxidation sites excluding steroid dienone is 2. The molecular weight excluding hydrogens is 405 g/mol. The van der Waals surface area contributed by atoms with Crippen LogP contribution in [-0.2, 0) is 9.59 Å². The highest BCUT2D eigenvalue weighted by Gasteiger charge is 2.19. The van der Waals surface area contributed by atoms with E-state index in [0.717, 1.165) is 0 Å². The zero-order chi connectivity index (χ0) is 23.7. The molecule has 0 saturated carbocycles. The van der Waals surface area contributed by atoms with E-state index in [1.807, 2.05) is 19.9 Å². The summed E-state index contributed by atoms with van der Waals surface area (Å²) in [4.78, 5) is 26.9. The zero-order valence-corrected chi connectivity index (χ0v) is 19.0. The van der Waals surface area contributed by atoms with E-state index in [4.69, 9.17) is 0 Å². The molecule has 0 heterocycles. The van der Waals surface area contributed by atoms with E-state index in [-0.39, 0.29) is 11.7 Å². The largest absolute Gasteiger partial charge is 0.388 e. The van der Waals surface area contributed by atoms with Crippen molar-refractivity contribution in [1.29, 1.82) is 0 Å². The molecule has 0 spiro atoms. The second-order valence-electron chi connectivity index (χ2n) is 6.93. The Balaban J connectivity index is 2.79. The molecule has 0 aliphatic carbocycles. The summed E-state index contributed by atoms with van der Waals surface area (Å²) in [6, 6.07) is 11.8. The number of halogens is 1. The Labute approximate surface area is 189 Å². The van der Waals surface area contributed by atoms with Gasteiger partial charge in [0, 0.05) is 55.3 Å². The smallest absolute Gasteiger partial charge is 0.255 e. The quantitative estimate of drug-likeness (QED) is 0.324. The molecule has 2 aromatic rings. The lowest BCUT2D eigenvalue weighted by molar-refractivity contribution is -0.126. The summed E-state index contributed by atoms with van der Waals surface area (Å²) < 4.78 is 14.6. The molecule has 2 N–H and O–H groups in total. The van der Waals surface area contributed by atoms with Crippen molar-refractivity contribution in [3.63, 3.8) is 0 Å². The first-order chi connectivity index (χ1) is 15.5. The summed E-state index contributed by atoms with van der Waals surface area (Å²) in [6.45, 7) is 8.69. The lowest BCUT2D eigenvalue weighted by atomic mass is 9.92. The number of anilines is 1. The van der Waals surface area contributed by atoms with Gasteiger partial charge in [-0.15, -0.1) is 0 Å². The van der Waals surface area contributed by atoms with Crippen LogP contribution in [0.5, 0.6) is 0 Å². The molecule has 2 rings (SSSR count). The van der Waals surface area contributed by atoms with Crippen molar-refractivity contribution in [3.8, 4) is 11.1 Å². The summed E-state index contributed by atoms with van der Waals surface area (Å²) in [5.41, 5.74) is 3.25. The van der Waals surface area contributed by atoms with Gasteiger partial charge in [0.05, 0.1) is 5.57 Å². The van der Waals surface area contributed by atoms with Crippen molar-refractivity contribution in [3.05, 3.63) is 83.8 Å². The molecule has 5 nitrogen and oxygen atoms in total. The van der Waals surface area contributed by atoms with E-state index < -0.39 is 0 Å². The lowest BCUT2D eigenvalue weighted by Crippen LogP contribution is -2.32. The number of benzene rings is 2. The minimum absolute atomic E-state index is 0.188. The molecule has 0 aliphatic rings. The molecule has 0 aliphatic heterocycles. The number of carbonyl (C=O) groups is 2. The van der Waals surface area contributed by atoms with Gasteiger partial charge in [0.1, 0.15) is 5.82 Å². The van der Waals surface area contributed by atoms with Crippen LogP contribution in [0, 0.1) is 5.82 Å². The third-order valence-electron chi connectivity index (χ3n) is 5.26. The topological polar surface area (TPSA) is 61.4 Å². The normalized spacial score (nSPS) is 12.0. The molecule has 1 amide bonds. The van der Waals surface area contributed by atoms with Crippen molar-refractivity contribution in [2.45, 2.75) is 13.8 Å². The Morgan fingerprint density at radius 1 is 1.06 bits per heavy atom. The lowest BCUT2D eigenvalue weighted by Gasteiger charge is -2.21. The molecule has 0 saturated heterocycles. The molecule has 6 heteroatoms. The van der Waals surface area contributed by atoms with E-state index in [1.165, 1.54) is 12.1 Å². The average molecular weight is 436 g/mol. The fourth-order valence-electron chi connectivity index (χ4n) is 3.57. The number of carbonyl (C=O) groups excluding carboxylic acids is 2. The monoisotopic (exact) mass is 435 g/mol. The molecule has 2 aromatic carbocycles. The SMILES string of the molecule is C=C/C(C(=O)N(CC)CC)=C(/C=C(\C=O)c1c(NC)cccc1-c1ccccc1F)NC. The molecule has 0 fully saturated rings. The van der Waals surface area contributed by atoms with Crippen LogP contribution in [0.1, 0.15) is 19.4 Å². The van der Waals surface area contributed by atoms with E-state index in [1.54, 1.807) is 55.4 Å². The summed E-state index contributed by atoms with van der Waals surface area (Å²) in [5.74, 6) is -0.577. The molecule has 0 atom stereocenters. The predicted molar refractivity (Wildman–Crippen MR) is 130 cm³/mol. The Hall–Kier alpha value is -3.67. The number of hydrogen-bond acceptors (Lipinski definition) is 4. The third-order valence-corrected chi connectivity index (χ3v) is 5.26. The van der Waals surface area contributed by atoms with Gasteiger partial charge in [-0.1, -0.05) is 43.0 Å². The second-order valence-corrected chi connectivity index (χ2v) is 6.93. The first-order valence-corrected chi connectivity index (χ1v) is 10.5. The summed E-state index contributed by atoms with van der Waals surface area (Å²) in [5, 5.41) is 6.09. The van der Waals surface area contributed by atoms with E-state index >= 15 is 0 Å². The van der Waals surface area contributed by atoms with Gasteiger partial charge in [-0.25, -0.2) is 4.39 Å². The molecule has 0 bridgehead atoms. The average Bonchev–Trinajstić information content (AvgIpc) is 2.82. The standard InChI is InChI=1S/C26H30FN3O2/c1-6-19(26(32)30(7-2)8-3)24(29-5)16-18(17-31)25-21(13-11-15-23(25)28-4)20-12-9-10-14-22(20)27/h6,9-17,28-29H,1,7-8H2,2-5H3/b18-16+,24-19+. The number of likely N-dealkylation sites (N-methyl/N-ethyl adjacent to an activating group) is 2. The van der Waals surface area contributed by atoms with Crippen LogP contribution >= 0.6 is 0 Å². The predicted octanol–water partition coefficient (Wildman–Crippen LogP) is 4.64. The number of amides is 1. The Morgan fingerprint density at radius 2 is 1.72 bits per heavy atom. The first-order valence-electron chi connectivity index (χ1n) is 10.5. The minimum Gasteiger partial charge on any atom is -0.388 e. The van der Waals surface area contributed by atoms with Crippen LogP contribution in [0.25, 0.3) is 16.7 Å². The van der Waals surface area contributed by atoms with Gasteiger partial charge in [0.25, 0.3) is 5.91 Å². The van der Waals surface area contributed by atoms with Crippen LogP contribution in [0.3, 0.4) is 0 Å². The summed E-state index contributed by atoms with van der Waals surface area (Å²) in [7, 11) is 3.41. The van der Waals surface area contributed by atoms with Crippen LogP contribution in [0.2, 0.25) is 0 Å². The van der Waals surface area contributed by atoms with Crippen LogP contribution in [-0.4, -0.2) is 44.3 Å². The maximum atomic E-state index is 14.6. The highest BCUT2D eigenvalue weighted by Crippen LogP contribution is 2.35. The first kappa shape index (κ1) is 24.6. The number of rotatable bonds is 10. The Kier molecular flexibility index (Phi) is 8.95. The number of aldehydes is 1. The van der Waals surface area contributed by atoms with Crippen LogP contribution < -0.4 is 10.6 Å². The van der Waals surface area contributed by atoms with Crippen molar-refractivity contribution >= 4 is 23.5 Å².